The van der Waals surface area contributed by atoms with Gasteiger partial charge in [-0.15, -0.1) is 0 Å². The highest BCUT2D eigenvalue weighted by Crippen LogP contribution is 2.63. The minimum absolute atomic E-state index is 0.334. The lowest BCUT2D eigenvalue weighted by Crippen LogP contribution is -2.25. The zero-order chi connectivity index (χ0) is 40.3. The van der Waals surface area contributed by atoms with E-state index in [0.29, 0.717) is 5.82 Å². The first-order valence-electron chi connectivity index (χ1n) is 21.0. The maximum atomic E-state index is 5.14. The van der Waals surface area contributed by atoms with E-state index in [1.54, 1.807) is 0 Å². The molecule has 0 unspecified atom stereocenters. The monoisotopic (exact) mass is 774 g/mol. The summed E-state index contributed by atoms with van der Waals surface area (Å²) in [6, 6.07) is 83.3. The van der Waals surface area contributed by atoms with E-state index in [1.165, 1.54) is 72.3 Å². The van der Waals surface area contributed by atoms with Gasteiger partial charge in [0.1, 0.15) is 0 Å². The highest BCUT2D eigenvalue weighted by atomic mass is 14.9. The number of rotatable bonds is 6. The standard InChI is InChI=1S/C59H38N2/c1-3-14-39(15-4-1)40-26-30-43(31-27-40)57-38-56(42-16-5-2-6-17-42)60-58(61-57)44-32-28-41(29-33-44)45-18-13-19-46(36-45)47-34-35-55-51(37-47)50-22-9-12-25-54(50)59(55)52-23-10-7-20-48(52)49-21-8-11-24-53(49)59/h1-38H. The number of benzene rings is 9. The molecule has 284 valence electrons. The van der Waals surface area contributed by atoms with Crippen LogP contribution in [0.2, 0.25) is 0 Å². The third-order valence-corrected chi connectivity index (χ3v) is 12.8. The molecule has 2 aliphatic carbocycles. The third kappa shape index (κ3) is 5.64. The molecule has 0 fully saturated rings. The van der Waals surface area contributed by atoms with E-state index < -0.39 is 0 Å². The fourth-order valence-electron chi connectivity index (χ4n) is 9.91. The smallest absolute Gasteiger partial charge is 0.160 e. The van der Waals surface area contributed by atoms with Gasteiger partial charge in [0.05, 0.1) is 16.8 Å². The van der Waals surface area contributed by atoms with Crippen molar-refractivity contribution in [2.45, 2.75) is 5.41 Å². The molecular formula is C59H38N2. The molecule has 10 aromatic rings. The molecule has 1 aromatic heterocycles. The summed E-state index contributed by atoms with van der Waals surface area (Å²) in [7, 11) is 0. The molecule has 0 saturated heterocycles. The van der Waals surface area contributed by atoms with Crippen molar-refractivity contribution in [2.75, 3.05) is 0 Å². The Morgan fingerprint density at radius 2 is 0.590 bits per heavy atom. The van der Waals surface area contributed by atoms with E-state index in [2.05, 4.69) is 218 Å². The molecule has 2 aliphatic rings. The van der Waals surface area contributed by atoms with Crippen molar-refractivity contribution in [3.8, 4) is 89.5 Å². The summed E-state index contributed by atoms with van der Waals surface area (Å²) in [4.78, 5) is 10.2. The van der Waals surface area contributed by atoms with Crippen molar-refractivity contribution in [1.29, 1.82) is 0 Å². The molecule has 9 aromatic carbocycles. The molecule has 0 N–H and O–H groups in total. The Morgan fingerprint density at radius 1 is 0.230 bits per heavy atom. The molecule has 61 heavy (non-hydrogen) atoms. The predicted octanol–water partition coefficient (Wildman–Crippen LogP) is 14.8. The molecule has 0 bridgehead atoms. The minimum atomic E-state index is -0.334. The van der Waals surface area contributed by atoms with E-state index in [0.717, 1.165) is 33.6 Å². The second-order valence-corrected chi connectivity index (χ2v) is 16.1. The van der Waals surface area contributed by atoms with Gasteiger partial charge in [0.15, 0.2) is 5.82 Å². The van der Waals surface area contributed by atoms with E-state index in [9.17, 15) is 0 Å². The average molecular weight is 775 g/mol. The van der Waals surface area contributed by atoms with Crippen LogP contribution in [0.15, 0.2) is 231 Å². The Balaban J connectivity index is 0.895. The van der Waals surface area contributed by atoms with Crippen molar-refractivity contribution in [3.63, 3.8) is 0 Å². The van der Waals surface area contributed by atoms with E-state index in [-0.39, 0.29) is 5.41 Å². The Labute approximate surface area is 356 Å². The van der Waals surface area contributed by atoms with Crippen molar-refractivity contribution in [1.82, 2.24) is 9.97 Å². The van der Waals surface area contributed by atoms with Crippen molar-refractivity contribution in [2.24, 2.45) is 0 Å². The van der Waals surface area contributed by atoms with Crippen molar-refractivity contribution >= 4 is 0 Å². The lowest BCUT2D eigenvalue weighted by molar-refractivity contribution is 0.794. The molecule has 1 spiro atoms. The topological polar surface area (TPSA) is 25.8 Å². The Hall–Kier alpha value is -7.94. The molecule has 0 radical (unpaired) electrons. The lowest BCUT2D eigenvalue weighted by atomic mass is 9.70. The van der Waals surface area contributed by atoms with Gasteiger partial charge in [0.2, 0.25) is 0 Å². The molecular weight excluding hydrogens is 737 g/mol. The van der Waals surface area contributed by atoms with Crippen LogP contribution < -0.4 is 0 Å². The summed E-state index contributed by atoms with van der Waals surface area (Å²) in [6.45, 7) is 0. The molecule has 1 heterocycles. The van der Waals surface area contributed by atoms with Crippen LogP contribution in [0.1, 0.15) is 22.3 Å². The van der Waals surface area contributed by atoms with Gasteiger partial charge >= 0.3 is 0 Å². The van der Waals surface area contributed by atoms with Crippen LogP contribution in [0.3, 0.4) is 0 Å². The molecule has 0 aliphatic heterocycles. The summed E-state index contributed by atoms with van der Waals surface area (Å²) < 4.78 is 0. The first-order valence-corrected chi connectivity index (χ1v) is 21.0. The Morgan fingerprint density at radius 3 is 1.18 bits per heavy atom. The fourth-order valence-corrected chi connectivity index (χ4v) is 9.91. The SMILES string of the molecule is c1ccc(-c2ccc(-c3cc(-c4ccccc4)nc(-c4ccc(-c5cccc(-c6ccc7c(c6)-c6ccccc6C76c7ccccc7-c7ccccc76)c5)cc4)n3)cc2)cc1. The van der Waals surface area contributed by atoms with Crippen molar-refractivity contribution < 1.29 is 0 Å². The maximum absolute atomic E-state index is 5.14. The maximum Gasteiger partial charge on any atom is 0.160 e. The number of hydrogen-bond donors (Lipinski definition) is 0. The number of hydrogen-bond acceptors (Lipinski definition) is 2. The minimum Gasteiger partial charge on any atom is -0.228 e. The normalized spacial score (nSPS) is 12.7. The summed E-state index contributed by atoms with van der Waals surface area (Å²) in [5.41, 5.74) is 22.3. The molecule has 12 rings (SSSR count). The fraction of sp³-hybridized carbons (Fsp3) is 0.0169. The lowest BCUT2D eigenvalue weighted by Gasteiger charge is -2.30. The first kappa shape index (κ1) is 35.0. The molecule has 2 nitrogen and oxygen atoms in total. The van der Waals surface area contributed by atoms with Crippen LogP contribution >= 0.6 is 0 Å². The number of nitrogens with zero attached hydrogens (tertiary/aromatic N) is 2. The number of aromatic nitrogens is 2. The van der Waals surface area contributed by atoms with Crippen molar-refractivity contribution in [3.05, 3.63) is 253 Å². The predicted molar refractivity (Wildman–Crippen MR) is 251 cm³/mol. The second-order valence-electron chi connectivity index (χ2n) is 16.1. The first-order chi connectivity index (χ1) is 30.2. The Kier molecular flexibility index (Phi) is 8.11. The second kappa shape index (κ2) is 14.1. The Bertz CT molecular complexity index is 3230. The van der Waals surface area contributed by atoms with Gasteiger partial charge in [0, 0.05) is 16.7 Å². The molecule has 2 heteroatoms. The molecule has 0 saturated carbocycles. The van der Waals surface area contributed by atoms with Gasteiger partial charge in [-0.2, -0.15) is 0 Å². The summed E-state index contributed by atoms with van der Waals surface area (Å²) in [5.74, 6) is 0.701. The molecule has 0 amide bonds. The van der Waals surface area contributed by atoms with E-state index in [1.807, 2.05) is 12.1 Å². The quantitative estimate of drug-likeness (QED) is 0.168. The van der Waals surface area contributed by atoms with Crippen LogP contribution in [0.25, 0.3) is 89.5 Å². The summed E-state index contributed by atoms with van der Waals surface area (Å²) in [5, 5.41) is 0. The average Bonchev–Trinajstić information content (AvgIpc) is 3.82. The highest BCUT2D eigenvalue weighted by Gasteiger charge is 2.51. The van der Waals surface area contributed by atoms with Crippen LogP contribution in [0, 0.1) is 0 Å². The van der Waals surface area contributed by atoms with Gasteiger partial charge < -0.3 is 0 Å². The van der Waals surface area contributed by atoms with E-state index in [4.69, 9.17) is 9.97 Å². The van der Waals surface area contributed by atoms with Gasteiger partial charge in [-0.3, -0.25) is 0 Å². The third-order valence-electron chi connectivity index (χ3n) is 12.8. The van der Waals surface area contributed by atoms with Gasteiger partial charge in [0.25, 0.3) is 0 Å². The zero-order valence-electron chi connectivity index (χ0n) is 33.3. The van der Waals surface area contributed by atoms with Crippen LogP contribution in [0.5, 0.6) is 0 Å². The zero-order valence-corrected chi connectivity index (χ0v) is 33.3. The van der Waals surface area contributed by atoms with E-state index >= 15 is 0 Å². The van der Waals surface area contributed by atoms with Crippen LogP contribution in [-0.2, 0) is 5.41 Å². The van der Waals surface area contributed by atoms with Crippen LogP contribution in [-0.4, -0.2) is 9.97 Å². The van der Waals surface area contributed by atoms with Crippen LogP contribution in [0.4, 0.5) is 0 Å². The largest absolute Gasteiger partial charge is 0.228 e. The summed E-state index contributed by atoms with van der Waals surface area (Å²) >= 11 is 0. The number of fused-ring (bicyclic) bond motifs is 10. The van der Waals surface area contributed by atoms with Gasteiger partial charge in [-0.1, -0.05) is 212 Å². The highest BCUT2D eigenvalue weighted by molar-refractivity contribution is 5.96. The van der Waals surface area contributed by atoms with Gasteiger partial charge in [-0.25, -0.2) is 9.97 Å². The van der Waals surface area contributed by atoms with Gasteiger partial charge in [-0.05, 0) is 96.1 Å². The summed E-state index contributed by atoms with van der Waals surface area (Å²) in [6.07, 6.45) is 0. The molecule has 0 atom stereocenters.